The molecule has 0 saturated heterocycles. The quantitative estimate of drug-likeness (QED) is 0.706. The van der Waals surface area contributed by atoms with Gasteiger partial charge in [0, 0.05) is 11.4 Å². The number of carbonyl (C=O) groups excluding carboxylic acids is 1. The second-order valence-corrected chi connectivity index (χ2v) is 7.31. The van der Waals surface area contributed by atoms with E-state index in [0.717, 1.165) is 16.5 Å². The summed E-state index contributed by atoms with van der Waals surface area (Å²) in [5, 5.41) is 17.3. The van der Waals surface area contributed by atoms with Crippen LogP contribution in [0.25, 0.3) is 11.0 Å². The molecule has 1 unspecified atom stereocenters. The van der Waals surface area contributed by atoms with Gasteiger partial charge in [0.1, 0.15) is 0 Å². The van der Waals surface area contributed by atoms with Gasteiger partial charge in [0.05, 0.1) is 17.5 Å². The van der Waals surface area contributed by atoms with Gasteiger partial charge < -0.3 is 10.4 Å². The highest BCUT2D eigenvalue weighted by Gasteiger charge is 2.24. The number of pyridine rings is 1. The Morgan fingerprint density at radius 2 is 1.82 bits per heavy atom. The van der Waals surface area contributed by atoms with Gasteiger partial charge in [0.25, 0.3) is 5.91 Å². The molecule has 0 aliphatic carbocycles. The Bertz CT molecular complexity index is 1070. The lowest BCUT2D eigenvalue weighted by Gasteiger charge is -2.17. The molecule has 0 saturated carbocycles. The first-order chi connectivity index (χ1) is 13.2. The number of rotatable bonds is 5. The molecule has 28 heavy (non-hydrogen) atoms. The van der Waals surface area contributed by atoms with Crippen LogP contribution in [0.5, 0.6) is 0 Å². The highest BCUT2D eigenvalue weighted by Crippen LogP contribution is 2.22. The summed E-state index contributed by atoms with van der Waals surface area (Å²) in [7, 11) is 0. The molecular formula is C21H24N4O3. The SMILES string of the molecule is Cc1ccc(C(NC(=O)c2cc3cnn(C(C)C)c3nc2C)C(=O)O)cc1C. The Hall–Kier alpha value is -3.22. The summed E-state index contributed by atoms with van der Waals surface area (Å²) in [5.74, 6) is -1.59. The summed E-state index contributed by atoms with van der Waals surface area (Å²) in [6.45, 7) is 9.61. The number of carboxylic acids is 1. The Balaban J connectivity index is 1.95. The number of nitrogens with zero attached hydrogens (tertiary/aromatic N) is 3. The average Bonchev–Trinajstić information content (AvgIpc) is 3.04. The minimum absolute atomic E-state index is 0.144. The summed E-state index contributed by atoms with van der Waals surface area (Å²) in [6, 6.07) is 6.08. The van der Waals surface area contributed by atoms with E-state index in [1.807, 2.05) is 33.8 Å². The maximum absolute atomic E-state index is 12.8. The lowest BCUT2D eigenvalue weighted by molar-refractivity contribution is -0.139. The number of fused-ring (bicyclic) bond motifs is 1. The molecule has 1 amide bonds. The number of aliphatic carboxylic acids is 1. The molecular weight excluding hydrogens is 356 g/mol. The van der Waals surface area contributed by atoms with Crippen LogP contribution in [0.2, 0.25) is 0 Å². The minimum atomic E-state index is -1.14. The smallest absolute Gasteiger partial charge is 0.330 e. The first-order valence-corrected chi connectivity index (χ1v) is 9.14. The Morgan fingerprint density at radius 3 is 2.43 bits per heavy atom. The summed E-state index contributed by atoms with van der Waals surface area (Å²) < 4.78 is 1.79. The van der Waals surface area contributed by atoms with Gasteiger partial charge in [0.2, 0.25) is 0 Å². The second kappa shape index (κ2) is 7.42. The lowest BCUT2D eigenvalue weighted by atomic mass is 10.0. The van der Waals surface area contributed by atoms with Crippen molar-refractivity contribution in [3.63, 3.8) is 0 Å². The number of carbonyl (C=O) groups is 2. The molecule has 0 aliphatic rings. The number of nitrogens with one attached hydrogen (secondary N) is 1. The van der Waals surface area contributed by atoms with E-state index in [-0.39, 0.29) is 6.04 Å². The van der Waals surface area contributed by atoms with Crippen molar-refractivity contribution >= 4 is 22.9 Å². The van der Waals surface area contributed by atoms with Crippen molar-refractivity contribution < 1.29 is 14.7 Å². The molecule has 2 aromatic heterocycles. The third kappa shape index (κ3) is 3.60. The zero-order chi connectivity index (χ0) is 20.6. The Morgan fingerprint density at radius 1 is 1.11 bits per heavy atom. The van der Waals surface area contributed by atoms with Gasteiger partial charge in [-0.05, 0) is 57.4 Å². The maximum atomic E-state index is 12.8. The van der Waals surface area contributed by atoms with Crippen LogP contribution in [-0.4, -0.2) is 31.7 Å². The molecule has 146 valence electrons. The Labute approximate surface area is 163 Å². The second-order valence-electron chi connectivity index (χ2n) is 7.31. The van der Waals surface area contributed by atoms with Crippen LogP contribution in [0.3, 0.4) is 0 Å². The van der Waals surface area contributed by atoms with Crippen molar-refractivity contribution in [1.82, 2.24) is 20.1 Å². The zero-order valence-corrected chi connectivity index (χ0v) is 16.6. The third-order valence-electron chi connectivity index (χ3n) is 4.88. The molecule has 0 spiro atoms. The molecule has 2 heterocycles. The van der Waals surface area contributed by atoms with E-state index in [1.165, 1.54) is 0 Å². The number of carboxylic acid groups (broad SMARTS) is 1. The summed E-state index contributed by atoms with van der Waals surface area (Å²) in [6.07, 6.45) is 1.66. The first kappa shape index (κ1) is 19.5. The van der Waals surface area contributed by atoms with Crippen LogP contribution >= 0.6 is 0 Å². The Kier molecular flexibility index (Phi) is 5.18. The molecule has 7 heteroatoms. The van der Waals surface area contributed by atoms with E-state index < -0.39 is 17.9 Å². The van der Waals surface area contributed by atoms with Crippen molar-refractivity contribution in [2.24, 2.45) is 0 Å². The number of hydrogen-bond acceptors (Lipinski definition) is 4. The van der Waals surface area contributed by atoms with Crippen LogP contribution in [0.15, 0.2) is 30.5 Å². The number of aromatic nitrogens is 3. The molecule has 3 aromatic rings. The van der Waals surface area contributed by atoms with Crippen molar-refractivity contribution in [3.05, 3.63) is 58.4 Å². The van der Waals surface area contributed by atoms with E-state index in [1.54, 1.807) is 36.0 Å². The van der Waals surface area contributed by atoms with Crippen LogP contribution in [0, 0.1) is 20.8 Å². The summed E-state index contributed by atoms with van der Waals surface area (Å²) in [5.41, 5.74) is 4.13. The molecule has 1 aromatic carbocycles. The van der Waals surface area contributed by atoms with Crippen molar-refractivity contribution in [2.75, 3.05) is 0 Å². The van der Waals surface area contributed by atoms with Gasteiger partial charge >= 0.3 is 5.97 Å². The molecule has 0 fully saturated rings. The third-order valence-corrected chi connectivity index (χ3v) is 4.88. The lowest BCUT2D eigenvalue weighted by Crippen LogP contribution is -2.34. The number of hydrogen-bond donors (Lipinski definition) is 2. The molecule has 7 nitrogen and oxygen atoms in total. The molecule has 2 N–H and O–H groups in total. The van der Waals surface area contributed by atoms with Gasteiger partial charge in [0.15, 0.2) is 11.7 Å². The van der Waals surface area contributed by atoms with E-state index >= 15 is 0 Å². The maximum Gasteiger partial charge on any atom is 0.330 e. The normalized spacial score (nSPS) is 12.4. The molecule has 0 bridgehead atoms. The monoisotopic (exact) mass is 380 g/mol. The van der Waals surface area contributed by atoms with Crippen molar-refractivity contribution in [1.29, 1.82) is 0 Å². The van der Waals surface area contributed by atoms with E-state index in [9.17, 15) is 14.7 Å². The fraction of sp³-hybridized carbons (Fsp3) is 0.333. The largest absolute Gasteiger partial charge is 0.479 e. The van der Waals surface area contributed by atoms with Crippen LogP contribution in [0.1, 0.15) is 58.7 Å². The molecule has 0 radical (unpaired) electrons. The number of amides is 1. The van der Waals surface area contributed by atoms with E-state index in [0.29, 0.717) is 22.5 Å². The number of aryl methyl sites for hydroxylation is 3. The predicted octanol–water partition coefficient (Wildman–Crippen LogP) is 3.49. The van der Waals surface area contributed by atoms with Gasteiger partial charge in [-0.1, -0.05) is 18.2 Å². The van der Waals surface area contributed by atoms with Gasteiger partial charge in [-0.2, -0.15) is 5.10 Å². The van der Waals surface area contributed by atoms with Crippen LogP contribution in [-0.2, 0) is 4.79 Å². The van der Waals surface area contributed by atoms with Gasteiger partial charge in [-0.25, -0.2) is 14.5 Å². The van der Waals surface area contributed by atoms with Crippen molar-refractivity contribution in [2.45, 2.75) is 46.7 Å². The summed E-state index contributed by atoms with van der Waals surface area (Å²) in [4.78, 5) is 29.2. The standard InChI is InChI=1S/C21H24N4O3/c1-11(2)25-19-16(10-22-25)9-17(14(5)23-19)20(26)24-18(21(27)28)15-7-6-12(3)13(4)8-15/h6-11,18H,1-5H3,(H,24,26)(H,27,28). The fourth-order valence-corrected chi connectivity index (χ4v) is 3.11. The number of benzene rings is 1. The van der Waals surface area contributed by atoms with Crippen molar-refractivity contribution in [3.8, 4) is 0 Å². The highest BCUT2D eigenvalue weighted by atomic mass is 16.4. The highest BCUT2D eigenvalue weighted by molar-refractivity contribution is 6.00. The van der Waals surface area contributed by atoms with E-state index in [4.69, 9.17) is 0 Å². The fourth-order valence-electron chi connectivity index (χ4n) is 3.11. The molecule has 1 atom stereocenters. The van der Waals surface area contributed by atoms with E-state index in [2.05, 4.69) is 15.4 Å². The van der Waals surface area contributed by atoms with Crippen LogP contribution < -0.4 is 5.32 Å². The van der Waals surface area contributed by atoms with Crippen LogP contribution in [0.4, 0.5) is 0 Å². The average molecular weight is 380 g/mol. The summed E-state index contributed by atoms with van der Waals surface area (Å²) >= 11 is 0. The first-order valence-electron chi connectivity index (χ1n) is 9.14. The molecule has 0 aliphatic heterocycles. The van der Waals surface area contributed by atoms with Gasteiger partial charge in [-0.3, -0.25) is 4.79 Å². The predicted molar refractivity (Wildman–Crippen MR) is 106 cm³/mol. The van der Waals surface area contributed by atoms with Gasteiger partial charge in [-0.15, -0.1) is 0 Å². The topological polar surface area (TPSA) is 97.1 Å². The zero-order valence-electron chi connectivity index (χ0n) is 16.6. The molecule has 3 rings (SSSR count). The minimum Gasteiger partial charge on any atom is -0.479 e.